The number of benzene rings is 1. The smallest absolute Gasteiger partial charge is 0.246 e. The number of carbonyl (C=O) groups excluding carboxylic acids is 1. The second-order valence-corrected chi connectivity index (χ2v) is 6.10. The SMILES string of the molecule is CC=CC=CC(=O)N(CC(C)C)C1Cc2ccccc2C1. The summed E-state index contributed by atoms with van der Waals surface area (Å²) in [6.07, 6.45) is 9.30. The lowest BCUT2D eigenvalue weighted by atomic mass is 10.1. The number of hydrogen-bond acceptors (Lipinski definition) is 1. The van der Waals surface area contributed by atoms with Gasteiger partial charge in [0.05, 0.1) is 0 Å². The van der Waals surface area contributed by atoms with Crippen molar-refractivity contribution in [2.24, 2.45) is 5.92 Å². The molecule has 0 aromatic heterocycles. The Hall–Kier alpha value is -1.83. The van der Waals surface area contributed by atoms with Crippen LogP contribution in [0.1, 0.15) is 31.9 Å². The molecule has 112 valence electrons. The Balaban J connectivity index is 2.12. The molecule has 0 saturated carbocycles. The van der Waals surface area contributed by atoms with Crippen LogP contribution in [0, 0.1) is 5.92 Å². The van der Waals surface area contributed by atoms with Crippen molar-refractivity contribution < 1.29 is 4.79 Å². The Bertz CT molecular complexity index is 517. The summed E-state index contributed by atoms with van der Waals surface area (Å²) in [6.45, 7) is 7.10. The van der Waals surface area contributed by atoms with Gasteiger partial charge in [0, 0.05) is 18.7 Å². The fourth-order valence-corrected chi connectivity index (χ4v) is 2.91. The largest absolute Gasteiger partial charge is 0.335 e. The zero-order valence-corrected chi connectivity index (χ0v) is 13.3. The van der Waals surface area contributed by atoms with E-state index < -0.39 is 0 Å². The molecule has 1 aliphatic rings. The standard InChI is InChI=1S/C19H25NO/c1-4-5-6-11-19(21)20(14-15(2)3)18-12-16-9-7-8-10-17(16)13-18/h4-11,15,18H,12-14H2,1-3H3. The Labute approximate surface area is 128 Å². The van der Waals surface area contributed by atoms with Crippen LogP contribution in [0.2, 0.25) is 0 Å². The van der Waals surface area contributed by atoms with Crippen molar-refractivity contribution in [3.05, 3.63) is 59.7 Å². The molecule has 0 unspecified atom stereocenters. The van der Waals surface area contributed by atoms with Crippen molar-refractivity contribution in [3.63, 3.8) is 0 Å². The highest BCUT2D eigenvalue weighted by Crippen LogP contribution is 2.26. The first-order valence-corrected chi connectivity index (χ1v) is 7.78. The van der Waals surface area contributed by atoms with E-state index in [1.165, 1.54) is 11.1 Å². The summed E-state index contributed by atoms with van der Waals surface area (Å²) < 4.78 is 0. The van der Waals surface area contributed by atoms with Crippen LogP contribution in [0.3, 0.4) is 0 Å². The molecule has 2 heteroatoms. The molecule has 2 rings (SSSR count). The summed E-state index contributed by atoms with van der Waals surface area (Å²) in [6, 6.07) is 8.84. The van der Waals surface area contributed by atoms with Gasteiger partial charge in [0.2, 0.25) is 5.91 Å². The highest BCUT2D eigenvalue weighted by atomic mass is 16.2. The molecule has 0 N–H and O–H groups in total. The van der Waals surface area contributed by atoms with Crippen LogP contribution >= 0.6 is 0 Å². The van der Waals surface area contributed by atoms with E-state index in [0.717, 1.165) is 19.4 Å². The van der Waals surface area contributed by atoms with E-state index in [-0.39, 0.29) is 5.91 Å². The minimum Gasteiger partial charge on any atom is -0.335 e. The maximum Gasteiger partial charge on any atom is 0.246 e. The Morgan fingerprint density at radius 3 is 2.38 bits per heavy atom. The van der Waals surface area contributed by atoms with Gasteiger partial charge in [-0.3, -0.25) is 4.79 Å². The lowest BCUT2D eigenvalue weighted by Gasteiger charge is -2.29. The van der Waals surface area contributed by atoms with Gasteiger partial charge in [-0.05, 0) is 36.8 Å². The van der Waals surface area contributed by atoms with Gasteiger partial charge in [-0.15, -0.1) is 0 Å². The molecule has 0 fully saturated rings. The average Bonchev–Trinajstić information content (AvgIpc) is 2.88. The summed E-state index contributed by atoms with van der Waals surface area (Å²) in [7, 11) is 0. The second-order valence-electron chi connectivity index (χ2n) is 6.10. The van der Waals surface area contributed by atoms with E-state index in [0.29, 0.717) is 12.0 Å². The second kappa shape index (κ2) is 7.26. The van der Waals surface area contributed by atoms with Crippen molar-refractivity contribution in [3.8, 4) is 0 Å². The molecule has 2 nitrogen and oxygen atoms in total. The molecular formula is C19H25NO. The van der Waals surface area contributed by atoms with E-state index in [2.05, 4.69) is 38.1 Å². The van der Waals surface area contributed by atoms with Crippen LogP contribution in [0.15, 0.2) is 48.6 Å². The third-order valence-corrected chi connectivity index (χ3v) is 3.86. The predicted octanol–water partition coefficient (Wildman–Crippen LogP) is 3.77. The lowest BCUT2D eigenvalue weighted by molar-refractivity contribution is -0.128. The van der Waals surface area contributed by atoms with Crippen LogP contribution in [0.5, 0.6) is 0 Å². The lowest BCUT2D eigenvalue weighted by Crippen LogP contribution is -2.42. The molecule has 0 aliphatic heterocycles. The Morgan fingerprint density at radius 2 is 1.86 bits per heavy atom. The molecule has 0 heterocycles. The zero-order chi connectivity index (χ0) is 15.2. The van der Waals surface area contributed by atoms with E-state index in [9.17, 15) is 4.79 Å². The van der Waals surface area contributed by atoms with Crippen LogP contribution in [-0.4, -0.2) is 23.4 Å². The molecular weight excluding hydrogens is 258 g/mol. The van der Waals surface area contributed by atoms with Gasteiger partial charge in [0.1, 0.15) is 0 Å². The van der Waals surface area contributed by atoms with E-state index in [1.807, 2.05) is 30.1 Å². The topological polar surface area (TPSA) is 20.3 Å². The summed E-state index contributed by atoms with van der Waals surface area (Å²) in [5.74, 6) is 0.604. The van der Waals surface area contributed by atoms with Crippen LogP contribution in [0.25, 0.3) is 0 Å². The first kappa shape index (κ1) is 15.6. The molecule has 0 spiro atoms. The third kappa shape index (κ3) is 4.07. The minimum atomic E-state index is 0.125. The van der Waals surface area contributed by atoms with Crippen molar-refractivity contribution in [1.82, 2.24) is 4.90 Å². The van der Waals surface area contributed by atoms with E-state index in [4.69, 9.17) is 0 Å². The third-order valence-electron chi connectivity index (χ3n) is 3.86. The van der Waals surface area contributed by atoms with Crippen LogP contribution in [-0.2, 0) is 17.6 Å². The van der Waals surface area contributed by atoms with Crippen molar-refractivity contribution in [2.45, 2.75) is 39.7 Å². The predicted molar refractivity (Wildman–Crippen MR) is 88.1 cm³/mol. The fraction of sp³-hybridized carbons (Fsp3) is 0.421. The Morgan fingerprint density at radius 1 is 1.24 bits per heavy atom. The van der Waals surface area contributed by atoms with Crippen molar-refractivity contribution in [2.75, 3.05) is 6.54 Å². The highest BCUT2D eigenvalue weighted by molar-refractivity contribution is 5.88. The van der Waals surface area contributed by atoms with Gasteiger partial charge in [-0.1, -0.05) is 56.3 Å². The normalized spacial score (nSPS) is 15.2. The molecule has 0 radical (unpaired) electrons. The number of allylic oxidation sites excluding steroid dienone is 3. The number of carbonyl (C=O) groups is 1. The first-order valence-electron chi connectivity index (χ1n) is 7.78. The summed E-state index contributed by atoms with van der Waals surface area (Å²) >= 11 is 0. The Kier molecular flexibility index (Phi) is 5.38. The van der Waals surface area contributed by atoms with Crippen molar-refractivity contribution >= 4 is 5.91 Å². The summed E-state index contributed by atoms with van der Waals surface area (Å²) in [5, 5.41) is 0. The molecule has 1 aromatic rings. The summed E-state index contributed by atoms with van der Waals surface area (Å²) in [5.41, 5.74) is 2.78. The maximum absolute atomic E-state index is 12.5. The molecule has 0 bridgehead atoms. The summed E-state index contributed by atoms with van der Waals surface area (Å²) in [4.78, 5) is 14.5. The van der Waals surface area contributed by atoms with Gasteiger partial charge in [0.25, 0.3) is 0 Å². The first-order chi connectivity index (χ1) is 10.1. The van der Waals surface area contributed by atoms with Gasteiger partial charge in [-0.25, -0.2) is 0 Å². The molecule has 1 aliphatic carbocycles. The number of amides is 1. The van der Waals surface area contributed by atoms with Crippen molar-refractivity contribution in [1.29, 1.82) is 0 Å². The molecule has 0 saturated heterocycles. The van der Waals surface area contributed by atoms with Crippen LogP contribution < -0.4 is 0 Å². The van der Waals surface area contributed by atoms with E-state index in [1.54, 1.807) is 6.08 Å². The zero-order valence-electron chi connectivity index (χ0n) is 13.3. The molecule has 0 atom stereocenters. The number of fused-ring (bicyclic) bond motifs is 1. The van der Waals surface area contributed by atoms with Gasteiger partial charge < -0.3 is 4.90 Å². The molecule has 21 heavy (non-hydrogen) atoms. The quantitative estimate of drug-likeness (QED) is 0.595. The van der Waals surface area contributed by atoms with Gasteiger partial charge >= 0.3 is 0 Å². The fourth-order valence-electron chi connectivity index (χ4n) is 2.91. The van der Waals surface area contributed by atoms with Gasteiger partial charge in [-0.2, -0.15) is 0 Å². The molecule has 1 aromatic carbocycles. The number of nitrogens with zero attached hydrogens (tertiary/aromatic N) is 1. The monoisotopic (exact) mass is 283 g/mol. The van der Waals surface area contributed by atoms with Gasteiger partial charge in [0.15, 0.2) is 0 Å². The maximum atomic E-state index is 12.5. The average molecular weight is 283 g/mol. The van der Waals surface area contributed by atoms with Crippen LogP contribution in [0.4, 0.5) is 0 Å². The number of rotatable bonds is 5. The molecule has 1 amide bonds. The number of hydrogen-bond donors (Lipinski definition) is 0. The van der Waals surface area contributed by atoms with E-state index >= 15 is 0 Å². The highest BCUT2D eigenvalue weighted by Gasteiger charge is 2.29. The minimum absolute atomic E-state index is 0.125.